The molecule has 5 unspecified atom stereocenters. The lowest BCUT2D eigenvalue weighted by Gasteiger charge is -2.55. The highest BCUT2D eigenvalue weighted by Crippen LogP contribution is 2.78. The molecule has 27 rings (SSSR count). The number of para-hydroxylation sites is 2. The molecule has 0 radical (unpaired) electrons. The third kappa shape index (κ3) is 11.0. The smallest absolute Gasteiger partial charge is 0.136 e. The van der Waals surface area contributed by atoms with Crippen molar-refractivity contribution in [3.8, 4) is 66.8 Å². The van der Waals surface area contributed by atoms with Crippen molar-refractivity contribution in [3.05, 3.63) is 419 Å². The number of thiophene rings is 1. The van der Waals surface area contributed by atoms with Gasteiger partial charge in [0, 0.05) is 92.0 Å². The fraction of sp³-hybridized carbons (Fsp3) is 0.244. The van der Waals surface area contributed by atoms with Crippen molar-refractivity contribution in [2.24, 2.45) is 41.4 Å². The lowest BCUT2D eigenvalue weighted by molar-refractivity contribution is 0.0622. The van der Waals surface area contributed by atoms with E-state index in [-0.39, 0.29) is 32.5 Å². The van der Waals surface area contributed by atoms with E-state index >= 15 is 0 Å². The number of furan rings is 1. The Hall–Kier alpha value is -12.9. The van der Waals surface area contributed by atoms with Gasteiger partial charge in [0.25, 0.3) is 0 Å². The van der Waals surface area contributed by atoms with Gasteiger partial charge >= 0.3 is 0 Å². The van der Waals surface area contributed by atoms with E-state index in [0.717, 1.165) is 52.3 Å². The Morgan fingerprint density at radius 2 is 0.771 bits per heavy atom. The van der Waals surface area contributed by atoms with Gasteiger partial charge in [-0.2, -0.15) is 0 Å². The topological polar surface area (TPSA) is 19.6 Å². The first-order valence-corrected chi connectivity index (χ1v) is 49.5. The lowest BCUT2D eigenvalue weighted by Crippen LogP contribution is -2.50. The predicted molar refractivity (Wildman–Crippen MR) is 548 cm³/mol. The van der Waals surface area contributed by atoms with Crippen LogP contribution in [0.3, 0.4) is 0 Å². The lowest BCUT2D eigenvalue weighted by atomic mass is 9.49. The maximum atomic E-state index is 6.52. The second-order valence-electron chi connectivity index (χ2n) is 42.9. The van der Waals surface area contributed by atoms with Crippen molar-refractivity contribution >= 4 is 87.6 Å². The molecule has 12 atom stereocenters. The summed E-state index contributed by atoms with van der Waals surface area (Å²) in [5.74, 6) is 5.16. The maximum absolute atomic E-state index is 6.52. The normalized spacial score (nSPS) is 24.7. The van der Waals surface area contributed by atoms with Crippen LogP contribution in [0.15, 0.2) is 362 Å². The molecular formula is C127H108N2OS. The second-order valence-corrected chi connectivity index (χ2v) is 44.0. The molecule has 18 aromatic rings. The van der Waals surface area contributed by atoms with Crippen molar-refractivity contribution in [2.45, 2.75) is 151 Å². The van der Waals surface area contributed by atoms with Crippen molar-refractivity contribution in [3.63, 3.8) is 0 Å². The van der Waals surface area contributed by atoms with Crippen molar-refractivity contribution in [1.29, 1.82) is 0 Å². The molecule has 0 amide bonds. The second kappa shape index (κ2) is 28.3. The van der Waals surface area contributed by atoms with Crippen LogP contribution in [0.4, 0.5) is 34.1 Å². The Labute approximate surface area is 774 Å². The van der Waals surface area contributed by atoms with Crippen molar-refractivity contribution in [1.82, 2.24) is 0 Å². The molecule has 3 nitrogen and oxygen atoms in total. The number of hydrogen-bond donors (Lipinski definition) is 0. The Kier molecular flexibility index (Phi) is 16.9. The summed E-state index contributed by atoms with van der Waals surface area (Å²) in [6.07, 6.45) is 9.97. The van der Waals surface area contributed by atoms with Crippen LogP contribution in [-0.4, -0.2) is 0 Å². The highest BCUT2D eigenvalue weighted by molar-refractivity contribution is 7.26. The van der Waals surface area contributed by atoms with E-state index in [1.165, 1.54) is 193 Å². The summed E-state index contributed by atoms with van der Waals surface area (Å²) in [5.41, 5.74) is 39.9. The first-order chi connectivity index (χ1) is 63.9. The van der Waals surface area contributed by atoms with Gasteiger partial charge in [0.1, 0.15) is 11.2 Å². The van der Waals surface area contributed by atoms with Gasteiger partial charge in [-0.05, 0) is 323 Å². The predicted octanol–water partition coefficient (Wildman–Crippen LogP) is 34.4. The van der Waals surface area contributed by atoms with Crippen LogP contribution >= 0.6 is 11.3 Å². The molecule has 9 aliphatic carbocycles. The number of nitrogens with zero attached hydrogens (tertiary/aromatic N) is 2. The molecule has 0 saturated heterocycles. The molecule has 5 bridgehead atoms. The summed E-state index contributed by atoms with van der Waals surface area (Å²) < 4.78 is 9.17. The summed E-state index contributed by atoms with van der Waals surface area (Å²) in [5, 5.41) is 4.96. The Morgan fingerprint density at radius 1 is 0.290 bits per heavy atom. The summed E-state index contributed by atoms with van der Waals surface area (Å²) >= 11 is 1.90. The minimum atomic E-state index is -0.257. The van der Waals surface area contributed by atoms with Crippen molar-refractivity contribution < 1.29 is 4.42 Å². The van der Waals surface area contributed by atoms with Gasteiger partial charge in [-0.25, -0.2) is 0 Å². The largest absolute Gasteiger partial charge is 0.456 e. The third-order valence-electron chi connectivity index (χ3n) is 35.6. The minimum Gasteiger partial charge on any atom is -0.456 e. The minimum absolute atomic E-state index is 0.0555. The Morgan fingerprint density at radius 3 is 1.47 bits per heavy atom. The molecule has 16 aromatic carbocycles. The van der Waals surface area contributed by atoms with E-state index in [0.29, 0.717) is 41.4 Å². The fourth-order valence-corrected chi connectivity index (χ4v) is 31.5. The quantitative estimate of drug-likeness (QED) is 0.122. The number of fused-ring (bicyclic) bond motifs is 14. The molecule has 2 heterocycles. The van der Waals surface area contributed by atoms with Crippen LogP contribution in [0.2, 0.25) is 0 Å². The summed E-state index contributed by atoms with van der Waals surface area (Å²) in [6.45, 7) is 20.4. The zero-order valence-corrected chi connectivity index (χ0v) is 76.9. The number of benzene rings is 16. The van der Waals surface area contributed by atoms with E-state index in [1.54, 1.807) is 22.3 Å². The maximum Gasteiger partial charge on any atom is 0.136 e. The summed E-state index contributed by atoms with van der Waals surface area (Å²) in [6, 6.07) is 140. The molecule has 4 heteroatoms. The summed E-state index contributed by atoms with van der Waals surface area (Å²) in [7, 11) is 0. The first-order valence-electron chi connectivity index (χ1n) is 48.7. The van der Waals surface area contributed by atoms with E-state index < -0.39 is 0 Å². The Balaban J connectivity index is 0.588. The van der Waals surface area contributed by atoms with Gasteiger partial charge in [-0.3, -0.25) is 0 Å². The first kappa shape index (κ1) is 78.0. The van der Waals surface area contributed by atoms with Crippen LogP contribution in [0, 0.1) is 41.4 Å². The summed E-state index contributed by atoms with van der Waals surface area (Å²) in [4.78, 5) is 5.32. The molecule has 2 spiro atoms. The monoisotopic (exact) mass is 1710 g/mol. The van der Waals surface area contributed by atoms with Gasteiger partial charge in [0.05, 0.1) is 5.69 Å². The van der Waals surface area contributed by atoms with Crippen LogP contribution in [-0.2, 0) is 32.5 Å². The van der Waals surface area contributed by atoms with Gasteiger partial charge < -0.3 is 14.2 Å². The van der Waals surface area contributed by atoms with E-state index in [4.69, 9.17) is 4.42 Å². The average molecular weight is 1710 g/mol. The standard InChI is InChI=1S/C127H108N2OS/c1-76-64-84-67-80-65-82(76)73-126(84)111-71-91(60-62-108(111)122(2,3)106-43-20-14-36-101(106)120(80)126)129(88-56-52-78(53-57-88)93-31-10-12-34-96(93)100-41-27-49-117-119(100)104-39-18-24-48-116(104)131-117)113-45-22-16-32-94(113)79-28-25-29-83(66-79)125(8)74-85-68-81-69-86(75-125)127(85)112-72-90(59-63-109(112)123(4,5)107-44-21-15-37-102(107)121(81)127)128(89-58-61-98-97-35-13-19-42-105(97)124(6,7)110(98)70-89)87-54-50-77(51-55-87)92-30-9-11-33-95(92)99-40-26-47-115-118(99)103-38-17-23-46-114(103)130-115/h9-63,66,70-72,76,80-82,84-86,120-121H,64-65,67-69,73-75H2,1-8H3/t76-,80-,81-,82?,84+,85+,86-,120?,121?,125-,126?,127?/m1/s1. The van der Waals surface area contributed by atoms with E-state index in [2.05, 4.69) is 423 Å². The van der Waals surface area contributed by atoms with E-state index in [1.807, 2.05) is 11.3 Å². The molecular weight excluding hydrogens is 1600 g/mol. The number of anilines is 6. The molecule has 6 fully saturated rings. The third-order valence-corrected chi connectivity index (χ3v) is 36.8. The van der Waals surface area contributed by atoms with Crippen LogP contribution < -0.4 is 9.80 Å². The molecule has 6 saturated carbocycles. The molecule has 9 aliphatic rings. The highest BCUT2D eigenvalue weighted by Gasteiger charge is 2.71. The molecule has 638 valence electrons. The van der Waals surface area contributed by atoms with E-state index in [9.17, 15) is 0 Å². The van der Waals surface area contributed by atoms with Crippen LogP contribution in [0.5, 0.6) is 0 Å². The number of rotatable bonds is 12. The van der Waals surface area contributed by atoms with Gasteiger partial charge in [-0.1, -0.05) is 322 Å². The van der Waals surface area contributed by atoms with Crippen molar-refractivity contribution in [2.75, 3.05) is 9.80 Å². The molecule has 2 aromatic heterocycles. The van der Waals surface area contributed by atoms with Gasteiger partial charge in [0.15, 0.2) is 0 Å². The fourth-order valence-electron chi connectivity index (χ4n) is 30.3. The highest BCUT2D eigenvalue weighted by atomic mass is 32.1. The average Bonchev–Trinajstić information content (AvgIpc) is 1.49. The van der Waals surface area contributed by atoms with Crippen LogP contribution in [0.1, 0.15) is 180 Å². The molecule has 0 aliphatic heterocycles. The molecule has 131 heavy (non-hydrogen) atoms. The number of hydrogen-bond acceptors (Lipinski definition) is 4. The van der Waals surface area contributed by atoms with Gasteiger partial charge in [0.2, 0.25) is 0 Å². The molecule has 0 N–H and O–H groups in total. The zero-order chi connectivity index (χ0) is 87.5. The Bertz CT molecular complexity index is 7780. The zero-order valence-electron chi connectivity index (χ0n) is 76.1. The van der Waals surface area contributed by atoms with Crippen LogP contribution in [0.25, 0.3) is 109 Å². The SMILES string of the molecule is C[C@@H]1C[C@H]2C[C@H]3CC1CC21c2cc(N(c4ccc(-c5ccccc5-c5cccc6sc7ccccc7c56)cc4)c4ccccc4-c4cccc([C@@]5(C)C[C@H]6C[C@H]7C[C@@H](C5)C65c6cc(N(c8ccc(-c9ccccc9-c9cccc%10oc%11ccccc%11c9%10)cc8)c8ccc9c(c8)C(C)(C)c8ccccc8-9)ccc6C(C)(C)c6ccccc6C75)c4)ccc2C(C)(C)c2ccccc2C31. The van der Waals surface area contributed by atoms with Gasteiger partial charge in [-0.15, -0.1) is 11.3 Å².